The Bertz CT molecular complexity index is 163. The third-order valence-electron chi connectivity index (χ3n) is 2.97. The van der Waals surface area contributed by atoms with E-state index in [1.54, 1.807) is 0 Å². The second-order valence-corrected chi connectivity index (χ2v) is 7.10. The summed E-state index contributed by atoms with van der Waals surface area (Å²) in [5.41, 5.74) is 0.589. The lowest BCUT2D eigenvalue weighted by molar-refractivity contribution is 0.349. The lowest BCUT2D eigenvalue weighted by Gasteiger charge is -2.25. The monoisotopic (exact) mass is 200 g/mol. The minimum absolute atomic E-state index is 0.589. The standard InChI is InChI=1S/C12H24S/c1-5-6-7-8-12(4)9-11(2,3)10-13-12/h5-10H2,1-4H3. The number of rotatable bonds is 4. The van der Waals surface area contributed by atoms with Crippen molar-refractivity contribution in [2.75, 3.05) is 5.75 Å². The van der Waals surface area contributed by atoms with Gasteiger partial charge in [0.25, 0.3) is 0 Å². The summed E-state index contributed by atoms with van der Waals surface area (Å²) in [7, 11) is 0. The van der Waals surface area contributed by atoms with Crippen molar-refractivity contribution in [2.45, 2.75) is 64.5 Å². The predicted octanol–water partition coefficient (Wildman–Crippen LogP) is 4.49. The molecule has 0 bridgehead atoms. The Kier molecular flexibility index (Phi) is 3.73. The molecular weight excluding hydrogens is 176 g/mol. The minimum atomic E-state index is 0.589. The Hall–Kier alpha value is 0.350. The molecule has 0 radical (unpaired) electrons. The summed E-state index contributed by atoms with van der Waals surface area (Å²) < 4.78 is 0.596. The zero-order valence-electron chi connectivity index (χ0n) is 9.65. The second-order valence-electron chi connectivity index (χ2n) is 5.54. The van der Waals surface area contributed by atoms with Crippen LogP contribution in [0.1, 0.15) is 59.8 Å². The largest absolute Gasteiger partial charge is 0.155 e. The van der Waals surface area contributed by atoms with Crippen molar-refractivity contribution in [1.82, 2.24) is 0 Å². The highest BCUT2D eigenvalue weighted by molar-refractivity contribution is 8.00. The molecule has 0 aromatic rings. The first kappa shape index (κ1) is 11.4. The summed E-state index contributed by atoms with van der Waals surface area (Å²) in [6.07, 6.45) is 7.03. The Balaban J connectivity index is 2.32. The van der Waals surface area contributed by atoms with Gasteiger partial charge in [-0.05, 0) is 24.0 Å². The molecule has 1 unspecified atom stereocenters. The maximum absolute atomic E-state index is 2.46. The summed E-state index contributed by atoms with van der Waals surface area (Å²) in [4.78, 5) is 0. The van der Waals surface area contributed by atoms with Crippen molar-refractivity contribution in [1.29, 1.82) is 0 Å². The SMILES string of the molecule is CCCCCC1(C)CC(C)(C)CS1. The van der Waals surface area contributed by atoms with Gasteiger partial charge in [0.2, 0.25) is 0 Å². The van der Waals surface area contributed by atoms with E-state index >= 15 is 0 Å². The molecule has 13 heavy (non-hydrogen) atoms. The first-order valence-corrected chi connectivity index (χ1v) is 6.60. The van der Waals surface area contributed by atoms with Gasteiger partial charge in [0.05, 0.1) is 0 Å². The highest BCUT2D eigenvalue weighted by atomic mass is 32.2. The van der Waals surface area contributed by atoms with Crippen LogP contribution in [-0.4, -0.2) is 10.5 Å². The van der Waals surface area contributed by atoms with Gasteiger partial charge >= 0.3 is 0 Å². The Labute approximate surface area is 87.9 Å². The maximum atomic E-state index is 2.46. The van der Waals surface area contributed by atoms with Crippen molar-refractivity contribution >= 4 is 11.8 Å². The van der Waals surface area contributed by atoms with Gasteiger partial charge in [0.15, 0.2) is 0 Å². The third-order valence-corrected chi connectivity index (χ3v) is 4.94. The molecule has 1 aliphatic rings. The van der Waals surface area contributed by atoms with Crippen LogP contribution >= 0.6 is 11.8 Å². The van der Waals surface area contributed by atoms with Gasteiger partial charge in [-0.2, -0.15) is 11.8 Å². The van der Waals surface area contributed by atoms with Crippen LogP contribution in [-0.2, 0) is 0 Å². The fraction of sp³-hybridized carbons (Fsp3) is 1.00. The fourth-order valence-electron chi connectivity index (χ4n) is 2.39. The van der Waals surface area contributed by atoms with Crippen LogP contribution in [0.15, 0.2) is 0 Å². The van der Waals surface area contributed by atoms with Crippen LogP contribution in [0.5, 0.6) is 0 Å². The van der Waals surface area contributed by atoms with Gasteiger partial charge in [0, 0.05) is 4.75 Å². The summed E-state index contributed by atoms with van der Waals surface area (Å²) >= 11 is 2.20. The molecule has 1 rings (SSSR count). The summed E-state index contributed by atoms with van der Waals surface area (Å²) in [5.74, 6) is 1.36. The Morgan fingerprint density at radius 3 is 2.31 bits per heavy atom. The summed E-state index contributed by atoms with van der Waals surface area (Å²) in [5, 5.41) is 0. The van der Waals surface area contributed by atoms with E-state index in [-0.39, 0.29) is 0 Å². The smallest absolute Gasteiger partial charge is 0.0137 e. The molecule has 0 amide bonds. The number of unbranched alkanes of at least 4 members (excludes halogenated alkanes) is 2. The molecule has 1 fully saturated rings. The first-order chi connectivity index (χ1) is 5.97. The number of hydrogen-bond acceptors (Lipinski definition) is 1. The number of hydrogen-bond donors (Lipinski definition) is 0. The fourth-order valence-corrected chi connectivity index (χ4v) is 4.02. The molecule has 0 spiro atoms. The molecular formula is C12H24S. The zero-order valence-corrected chi connectivity index (χ0v) is 10.5. The molecule has 1 saturated heterocycles. The van der Waals surface area contributed by atoms with E-state index in [4.69, 9.17) is 0 Å². The minimum Gasteiger partial charge on any atom is -0.155 e. The second kappa shape index (κ2) is 4.25. The molecule has 0 nitrogen and oxygen atoms in total. The Morgan fingerprint density at radius 1 is 1.15 bits per heavy atom. The lowest BCUT2D eigenvalue weighted by Crippen LogP contribution is -2.19. The van der Waals surface area contributed by atoms with E-state index in [1.165, 1.54) is 37.9 Å². The van der Waals surface area contributed by atoms with Crippen LogP contribution in [0.2, 0.25) is 0 Å². The van der Waals surface area contributed by atoms with Crippen molar-refractivity contribution < 1.29 is 0 Å². The molecule has 78 valence electrons. The van der Waals surface area contributed by atoms with Crippen LogP contribution in [0, 0.1) is 5.41 Å². The van der Waals surface area contributed by atoms with E-state index in [0.717, 1.165) is 0 Å². The molecule has 1 aliphatic heterocycles. The van der Waals surface area contributed by atoms with Crippen molar-refractivity contribution in [3.05, 3.63) is 0 Å². The highest BCUT2D eigenvalue weighted by Gasteiger charge is 2.39. The van der Waals surface area contributed by atoms with Crippen LogP contribution in [0.4, 0.5) is 0 Å². The molecule has 0 aromatic heterocycles. The van der Waals surface area contributed by atoms with E-state index in [9.17, 15) is 0 Å². The van der Waals surface area contributed by atoms with E-state index < -0.39 is 0 Å². The van der Waals surface area contributed by atoms with Gasteiger partial charge in [-0.25, -0.2) is 0 Å². The summed E-state index contributed by atoms with van der Waals surface area (Å²) in [6, 6.07) is 0. The van der Waals surface area contributed by atoms with E-state index in [0.29, 0.717) is 10.2 Å². The van der Waals surface area contributed by atoms with Gasteiger partial charge < -0.3 is 0 Å². The average Bonchev–Trinajstić information content (AvgIpc) is 2.27. The topological polar surface area (TPSA) is 0 Å². The quantitative estimate of drug-likeness (QED) is 0.603. The molecule has 0 aromatic carbocycles. The van der Waals surface area contributed by atoms with E-state index in [1.807, 2.05) is 0 Å². The summed E-state index contributed by atoms with van der Waals surface area (Å²) in [6.45, 7) is 9.56. The van der Waals surface area contributed by atoms with Crippen LogP contribution in [0.25, 0.3) is 0 Å². The lowest BCUT2D eigenvalue weighted by atomic mass is 9.83. The van der Waals surface area contributed by atoms with Gasteiger partial charge in [-0.3, -0.25) is 0 Å². The molecule has 0 aliphatic carbocycles. The van der Waals surface area contributed by atoms with E-state index in [2.05, 4.69) is 39.5 Å². The zero-order chi connectivity index (χ0) is 9.95. The molecule has 1 heterocycles. The molecule has 0 N–H and O–H groups in total. The first-order valence-electron chi connectivity index (χ1n) is 5.61. The van der Waals surface area contributed by atoms with Crippen LogP contribution < -0.4 is 0 Å². The number of thioether (sulfide) groups is 1. The molecule has 1 atom stereocenters. The van der Waals surface area contributed by atoms with Gasteiger partial charge in [0.1, 0.15) is 0 Å². The van der Waals surface area contributed by atoms with Crippen molar-refractivity contribution in [2.24, 2.45) is 5.41 Å². The normalized spacial score (nSPS) is 32.3. The average molecular weight is 200 g/mol. The van der Waals surface area contributed by atoms with Crippen LogP contribution in [0.3, 0.4) is 0 Å². The third kappa shape index (κ3) is 3.53. The Morgan fingerprint density at radius 2 is 1.85 bits per heavy atom. The predicted molar refractivity (Wildman–Crippen MR) is 63.4 cm³/mol. The van der Waals surface area contributed by atoms with Gasteiger partial charge in [-0.1, -0.05) is 47.0 Å². The molecule has 1 heteroatoms. The van der Waals surface area contributed by atoms with Gasteiger partial charge in [-0.15, -0.1) is 0 Å². The highest BCUT2D eigenvalue weighted by Crippen LogP contribution is 2.50. The maximum Gasteiger partial charge on any atom is 0.0137 e. The molecule has 0 saturated carbocycles. The van der Waals surface area contributed by atoms with Crippen molar-refractivity contribution in [3.63, 3.8) is 0 Å². The van der Waals surface area contributed by atoms with Crippen molar-refractivity contribution in [3.8, 4) is 0 Å².